The Kier molecular flexibility index (Phi) is 6.61. The molecule has 1 atom stereocenters. The smallest absolute Gasteiger partial charge is 0.191 e. The number of hydrogen-bond acceptors (Lipinski definition) is 3. The van der Waals surface area contributed by atoms with Crippen molar-refractivity contribution in [3.8, 4) is 5.75 Å². The van der Waals surface area contributed by atoms with Crippen LogP contribution in [0.3, 0.4) is 0 Å². The van der Waals surface area contributed by atoms with Crippen molar-refractivity contribution in [2.75, 3.05) is 20.2 Å². The quantitative estimate of drug-likeness (QED) is 0.455. The number of aliphatic imine (C=N–C) groups is 1. The highest BCUT2D eigenvalue weighted by Gasteiger charge is 2.01. The highest BCUT2D eigenvalue weighted by molar-refractivity contribution is 5.79. The lowest BCUT2D eigenvalue weighted by Crippen LogP contribution is -2.43. The molecular weight excluding hydrogens is 228 g/mol. The Morgan fingerprint density at radius 2 is 2.39 bits per heavy atom. The molecule has 0 aliphatic rings. The van der Waals surface area contributed by atoms with Crippen LogP contribution in [0, 0.1) is 0 Å². The van der Waals surface area contributed by atoms with Crippen LogP contribution in [-0.4, -0.2) is 37.2 Å². The van der Waals surface area contributed by atoms with Crippen LogP contribution < -0.4 is 15.4 Å². The largest absolute Gasteiger partial charge is 0.490 e. The van der Waals surface area contributed by atoms with Gasteiger partial charge in [-0.25, -0.2) is 0 Å². The van der Waals surface area contributed by atoms with Gasteiger partial charge < -0.3 is 15.4 Å². The van der Waals surface area contributed by atoms with Gasteiger partial charge in [0.1, 0.15) is 12.4 Å². The number of aromatic nitrogens is 1. The van der Waals surface area contributed by atoms with E-state index in [1.165, 1.54) is 0 Å². The highest BCUT2D eigenvalue weighted by Crippen LogP contribution is 2.04. The van der Waals surface area contributed by atoms with E-state index in [0.717, 1.165) is 18.1 Å². The van der Waals surface area contributed by atoms with E-state index in [4.69, 9.17) is 4.74 Å². The fourth-order valence-corrected chi connectivity index (χ4v) is 1.30. The van der Waals surface area contributed by atoms with Crippen LogP contribution in [0.5, 0.6) is 5.75 Å². The summed E-state index contributed by atoms with van der Waals surface area (Å²) in [6.45, 7) is 5.54. The summed E-state index contributed by atoms with van der Waals surface area (Å²) in [5.74, 6) is 1.59. The first-order chi connectivity index (χ1) is 8.76. The van der Waals surface area contributed by atoms with Gasteiger partial charge in [0, 0.05) is 19.3 Å². The summed E-state index contributed by atoms with van der Waals surface area (Å²) in [6, 6.07) is 4.15. The Morgan fingerprint density at radius 1 is 1.56 bits per heavy atom. The molecule has 1 aromatic heterocycles. The number of rotatable bonds is 6. The lowest BCUT2D eigenvalue weighted by Gasteiger charge is -2.16. The molecule has 1 unspecified atom stereocenters. The summed E-state index contributed by atoms with van der Waals surface area (Å²) in [4.78, 5) is 8.13. The maximum absolute atomic E-state index is 5.52. The van der Waals surface area contributed by atoms with Crippen molar-refractivity contribution in [3.05, 3.63) is 24.5 Å². The molecule has 0 aliphatic heterocycles. The lowest BCUT2D eigenvalue weighted by molar-refractivity contribution is 0.320. The minimum atomic E-state index is 0.412. The van der Waals surface area contributed by atoms with E-state index < -0.39 is 0 Å². The molecule has 1 rings (SSSR count). The zero-order valence-corrected chi connectivity index (χ0v) is 11.3. The van der Waals surface area contributed by atoms with Gasteiger partial charge in [-0.3, -0.25) is 9.98 Å². The Labute approximate surface area is 109 Å². The van der Waals surface area contributed by atoms with Gasteiger partial charge in [-0.2, -0.15) is 0 Å². The van der Waals surface area contributed by atoms with Gasteiger partial charge in [-0.15, -0.1) is 0 Å². The van der Waals surface area contributed by atoms with Gasteiger partial charge in [0.25, 0.3) is 0 Å². The molecule has 0 bridgehead atoms. The zero-order valence-electron chi connectivity index (χ0n) is 11.3. The molecule has 1 aromatic rings. The third-order valence-corrected chi connectivity index (χ3v) is 2.52. The molecule has 0 spiro atoms. The van der Waals surface area contributed by atoms with Crippen LogP contribution in [0.1, 0.15) is 20.3 Å². The first-order valence-electron chi connectivity index (χ1n) is 6.26. The SMILES string of the molecule is CCC(C)NC(=NC)NCCOc1cccnc1. The van der Waals surface area contributed by atoms with E-state index in [1.54, 1.807) is 19.4 Å². The summed E-state index contributed by atoms with van der Waals surface area (Å²) in [6.07, 6.45) is 4.49. The number of nitrogens with one attached hydrogen (secondary N) is 2. The molecule has 0 saturated carbocycles. The number of guanidine groups is 1. The lowest BCUT2D eigenvalue weighted by atomic mass is 10.3. The fourth-order valence-electron chi connectivity index (χ4n) is 1.30. The molecule has 2 N–H and O–H groups in total. The Bertz CT molecular complexity index is 353. The second-order valence-electron chi connectivity index (χ2n) is 3.99. The van der Waals surface area contributed by atoms with Crippen LogP contribution in [-0.2, 0) is 0 Å². The summed E-state index contributed by atoms with van der Waals surface area (Å²) >= 11 is 0. The topological polar surface area (TPSA) is 58.5 Å². The molecule has 0 aliphatic carbocycles. The third kappa shape index (κ3) is 5.52. The molecule has 100 valence electrons. The van der Waals surface area contributed by atoms with Crippen molar-refractivity contribution in [2.45, 2.75) is 26.3 Å². The predicted octanol–water partition coefficient (Wildman–Crippen LogP) is 1.42. The van der Waals surface area contributed by atoms with Crippen LogP contribution in [0.2, 0.25) is 0 Å². The van der Waals surface area contributed by atoms with Crippen molar-refractivity contribution in [3.63, 3.8) is 0 Å². The van der Waals surface area contributed by atoms with Crippen LogP contribution in [0.25, 0.3) is 0 Å². The minimum Gasteiger partial charge on any atom is -0.490 e. The van der Waals surface area contributed by atoms with E-state index in [2.05, 4.69) is 34.5 Å². The van der Waals surface area contributed by atoms with Gasteiger partial charge in [0.05, 0.1) is 12.7 Å². The third-order valence-electron chi connectivity index (χ3n) is 2.52. The standard InChI is InChI=1S/C13H22N4O/c1-4-11(2)17-13(14-3)16-8-9-18-12-6-5-7-15-10-12/h5-7,10-11H,4,8-9H2,1-3H3,(H2,14,16,17). The molecule has 1 heterocycles. The second-order valence-corrected chi connectivity index (χ2v) is 3.99. The van der Waals surface area contributed by atoms with E-state index in [0.29, 0.717) is 19.2 Å². The fraction of sp³-hybridized carbons (Fsp3) is 0.538. The van der Waals surface area contributed by atoms with Crippen molar-refractivity contribution in [2.24, 2.45) is 4.99 Å². The number of nitrogens with zero attached hydrogens (tertiary/aromatic N) is 2. The molecule has 5 heteroatoms. The monoisotopic (exact) mass is 250 g/mol. The molecular formula is C13H22N4O. The first-order valence-corrected chi connectivity index (χ1v) is 6.26. The van der Waals surface area contributed by atoms with Crippen LogP contribution in [0.15, 0.2) is 29.5 Å². The minimum absolute atomic E-state index is 0.412. The van der Waals surface area contributed by atoms with E-state index >= 15 is 0 Å². The maximum Gasteiger partial charge on any atom is 0.191 e. The summed E-state index contributed by atoms with van der Waals surface area (Å²) in [5, 5.41) is 6.48. The highest BCUT2D eigenvalue weighted by atomic mass is 16.5. The van der Waals surface area contributed by atoms with Crippen molar-refractivity contribution < 1.29 is 4.74 Å². The molecule has 0 aromatic carbocycles. The van der Waals surface area contributed by atoms with Crippen molar-refractivity contribution >= 4 is 5.96 Å². The normalized spacial score (nSPS) is 12.9. The summed E-state index contributed by atoms with van der Waals surface area (Å²) < 4.78 is 5.52. The van der Waals surface area contributed by atoms with Crippen molar-refractivity contribution in [1.82, 2.24) is 15.6 Å². The molecule has 0 amide bonds. The zero-order chi connectivity index (χ0) is 13.2. The maximum atomic E-state index is 5.52. The second kappa shape index (κ2) is 8.33. The van der Waals surface area contributed by atoms with Gasteiger partial charge >= 0.3 is 0 Å². The Morgan fingerprint density at radius 3 is 3.00 bits per heavy atom. The van der Waals surface area contributed by atoms with Crippen molar-refractivity contribution in [1.29, 1.82) is 0 Å². The number of pyridine rings is 1. The average molecular weight is 250 g/mol. The van der Waals surface area contributed by atoms with E-state index in [-0.39, 0.29) is 0 Å². The predicted molar refractivity (Wildman–Crippen MR) is 74.0 cm³/mol. The number of ether oxygens (including phenoxy) is 1. The van der Waals surface area contributed by atoms with Gasteiger partial charge in [-0.05, 0) is 25.5 Å². The number of hydrogen-bond donors (Lipinski definition) is 2. The molecule has 5 nitrogen and oxygen atoms in total. The van der Waals surface area contributed by atoms with E-state index in [1.807, 2.05) is 12.1 Å². The summed E-state index contributed by atoms with van der Waals surface area (Å²) in [5.41, 5.74) is 0. The van der Waals surface area contributed by atoms with Crippen LogP contribution >= 0.6 is 0 Å². The van der Waals surface area contributed by atoms with Crippen LogP contribution in [0.4, 0.5) is 0 Å². The van der Waals surface area contributed by atoms with Gasteiger partial charge in [0.2, 0.25) is 0 Å². The molecule has 0 fully saturated rings. The molecule has 18 heavy (non-hydrogen) atoms. The average Bonchev–Trinajstić information content (AvgIpc) is 2.43. The van der Waals surface area contributed by atoms with Gasteiger partial charge in [-0.1, -0.05) is 6.92 Å². The van der Waals surface area contributed by atoms with E-state index in [9.17, 15) is 0 Å². The molecule has 0 radical (unpaired) electrons. The van der Waals surface area contributed by atoms with Gasteiger partial charge in [0.15, 0.2) is 5.96 Å². The first kappa shape index (κ1) is 14.3. The Balaban J connectivity index is 2.20. The molecule has 0 saturated heterocycles. The Hall–Kier alpha value is -1.78. The summed E-state index contributed by atoms with van der Waals surface area (Å²) in [7, 11) is 1.76.